The maximum atomic E-state index is 12.8. The van der Waals surface area contributed by atoms with Gasteiger partial charge in [-0.05, 0) is 59.0 Å². The number of nitrogens with one attached hydrogen (secondary N) is 1. The molecule has 0 spiro atoms. The van der Waals surface area contributed by atoms with Gasteiger partial charge in [0.05, 0.1) is 12.9 Å². The molecule has 1 aromatic heterocycles. The predicted octanol–water partition coefficient (Wildman–Crippen LogP) is 5.03. The van der Waals surface area contributed by atoms with Gasteiger partial charge in [0.1, 0.15) is 5.75 Å². The fourth-order valence-electron chi connectivity index (χ4n) is 3.70. The molecule has 1 N–H and O–H groups in total. The van der Waals surface area contributed by atoms with Crippen LogP contribution >= 0.6 is 11.8 Å². The second-order valence-corrected chi connectivity index (χ2v) is 8.06. The van der Waals surface area contributed by atoms with Crippen molar-refractivity contribution in [2.24, 2.45) is 0 Å². The van der Waals surface area contributed by atoms with Crippen LogP contribution in [0.15, 0.2) is 71.9 Å². The highest BCUT2D eigenvalue weighted by Gasteiger charge is 2.19. The summed E-state index contributed by atoms with van der Waals surface area (Å²) in [7, 11) is 1.63. The maximum Gasteiger partial charge on any atom is 0.209 e. The molecule has 0 saturated carbocycles. The first kappa shape index (κ1) is 18.6. The summed E-state index contributed by atoms with van der Waals surface area (Å²) in [4.78, 5) is 17.3. The number of carbonyl (C=O) groups is 1. The van der Waals surface area contributed by atoms with Crippen LogP contribution in [0.1, 0.15) is 21.5 Å². The standard InChI is InChI=1S/C24H19N3O2S/c1-29-19-10-8-15(9-11-19)23-25-24(27-26-23)30-14-22(28)18-7-6-17-12-16-4-2-3-5-20(16)21(17)13-18/h2-11,13H,12,14H2,1H3,(H,25,26,27). The van der Waals surface area contributed by atoms with Crippen molar-refractivity contribution in [1.29, 1.82) is 0 Å². The number of H-pyrrole nitrogens is 1. The van der Waals surface area contributed by atoms with Crippen molar-refractivity contribution in [1.82, 2.24) is 15.2 Å². The normalized spacial score (nSPS) is 11.8. The van der Waals surface area contributed by atoms with E-state index in [0.717, 1.165) is 23.3 Å². The Morgan fingerprint density at radius 3 is 2.67 bits per heavy atom. The average molecular weight is 414 g/mol. The summed E-state index contributed by atoms with van der Waals surface area (Å²) in [6.45, 7) is 0. The van der Waals surface area contributed by atoms with E-state index >= 15 is 0 Å². The van der Waals surface area contributed by atoms with Gasteiger partial charge in [-0.3, -0.25) is 9.89 Å². The Kier molecular flexibility index (Phi) is 4.85. The predicted molar refractivity (Wildman–Crippen MR) is 118 cm³/mol. The van der Waals surface area contributed by atoms with E-state index in [0.29, 0.717) is 16.7 Å². The van der Waals surface area contributed by atoms with Gasteiger partial charge in [0.15, 0.2) is 11.6 Å². The lowest BCUT2D eigenvalue weighted by Gasteiger charge is -2.04. The van der Waals surface area contributed by atoms with Crippen molar-refractivity contribution >= 4 is 17.5 Å². The maximum absolute atomic E-state index is 12.8. The van der Waals surface area contributed by atoms with E-state index in [1.807, 2.05) is 42.5 Å². The molecule has 1 aliphatic rings. The molecule has 5 nitrogen and oxygen atoms in total. The zero-order valence-corrected chi connectivity index (χ0v) is 17.2. The molecule has 3 aromatic carbocycles. The third-order valence-corrected chi connectivity index (χ3v) is 6.13. The van der Waals surface area contributed by atoms with Crippen LogP contribution in [0.2, 0.25) is 0 Å². The second kappa shape index (κ2) is 7.80. The fraction of sp³-hybridized carbons (Fsp3) is 0.125. The first-order valence-corrected chi connectivity index (χ1v) is 10.6. The molecule has 6 heteroatoms. The number of ketones is 1. The molecule has 0 radical (unpaired) electrons. The number of methoxy groups -OCH3 is 1. The monoisotopic (exact) mass is 413 g/mol. The van der Waals surface area contributed by atoms with Crippen molar-refractivity contribution in [2.75, 3.05) is 12.9 Å². The zero-order valence-electron chi connectivity index (χ0n) is 16.4. The summed E-state index contributed by atoms with van der Waals surface area (Å²) in [5.74, 6) is 1.82. The van der Waals surface area contributed by atoms with E-state index in [4.69, 9.17) is 4.74 Å². The molecule has 4 aromatic rings. The van der Waals surface area contributed by atoms with Gasteiger partial charge in [0, 0.05) is 11.1 Å². The number of carbonyl (C=O) groups excluding carboxylic acids is 1. The summed E-state index contributed by atoms with van der Waals surface area (Å²) in [6, 6.07) is 22.0. The van der Waals surface area contributed by atoms with Crippen LogP contribution in [-0.4, -0.2) is 33.8 Å². The quantitative estimate of drug-likeness (QED) is 0.312. The molecule has 0 atom stereocenters. The number of Topliss-reactive ketones (excluding diaryl/α,β-unsaturated/α-hetero) is 1. The summed E-state index contributed by atoms with van der Waals surface area (Å²) < 4.78 is 5.18. The lowest BCUT2D eigenvalue weighted by Crippen LogP contribution is -2.03. The van der Waals surface area contributed by atoms with Crippen molar-refractivity contribution in [3.05, 3.63) is 83.4 Å². The highest BCUT2D eigenvalue weighted by molar-refractivity contribution is 7.99. The zero-order chi connectivity index (χ0) is 20.5. The Morgan fingerprint density at radius 2 is 1.83 bits per heavy atom. The molecular weight excluding hydrogens is 394 g/mol. The average Bonchev–Trinajstić information content (AvgIpc) is 3.42. The summed E-state index contributed by atoms with van der Waals surface area (Å²) in [5.41, 5.74) is 6.63. The van der Waals surface area contributed by atoms with Crippen LogP contribution in [0, 0.1) is 0 Å². The van der Waals surface area contributed by atoms with E-state index in [1.54, 1.807) is 7.11 Å². The van der Waals surface area contributed by atoms with Gasteiger partial charge in [-0.15, -0.1) is 5.10 Å². The summed E-state index contributed by atoms with van der Waals surface area (Å²) in [6.07, 6.45) is 0.931. The molecule has 0 aliphatic heterocycles. The van der Waals surface area contributed by atoms with Crippen molar-refractivity contribution in [3.63, 3.8) is 0 Å². The molecule has 1 heterocycles. The van der Waals surface area contributed by atoms with E-state index < -0.39 is 0 Å². The summed E-state index contributed by atoms with van der Waals surface area (Å²) in [5, 5.41) is 7.72. The first-order chi connectivity index (χ1) is 14.7. The van der Waals surface area contributed by atoms with Gasteiger partial charge < -0.3 is 4.74 Å². The van der Waals surface area contributed by atoms with Crippen molar-refractivity contribution in [2.45, 2.75) is 11.6 Å². The van der Waals surface area contributed by atoms with Gasteiger partial charge >= 0.3 is 0 Å². The number of ether oxygens (including phenoxy) is 1. The Bertz CT molecular complexity index is 1230. The highest BCUT2D eigenvalue weighted by atomic mass is 32.2. The fourth-order valence-corrected chi connectivity index (χ4v) is 4.39. The minimum absolute atomic E-state index is 0.0722. The van der Waals surface area contributed by atoms with E-state index in [-0.39, 0.29) is 5.78 Å². The van der Waals surface area contributed by atoms with Crippen LogP contribution in [0.4, 0.5) is 0 Å². The highest BCUT2D eigenvalue weighted by Crippen LogP contribution is 2.37. The molecule has 5 rings (SSSR count). The number of rotatable bonds is 6. The molecule has 30 heavy (non-hydrogen) atoms. The summed E-state index contributed by atoms with van der Waals surface area (Å²) >= 11 is 1.34. The smallest absolute Gasteiger partial charge is 0.209 e. The molecule has 148 valence electrons. The second-order valence-electron chi connectivity index (χ2n) is 7.11. The SMILES string of the molecule is COc1ccc(-c2nc(SCC(=O)c3ccc4c(c3)-c3ccccc3C4)n[nH]2)cc1. The largest absolute Gasteiger partial charge is 0.497 e. The van der Waals surface area contributed by atoms with Crippen LogP contribution in [0.5, 0.6) is 5.75 Å². The minimum Gasteiger partial charge on any atom is -0.497 e. The molecule has 0 fully saturated rings. The third-order valence-electron chi connectivity index (χ3n) is 5.28. The molecule has 0 bridgehead atoms. The number of nitrogens with zero attached hydrogens (tertiary/aromatic N) is 2. The van der Waals surface area contributed by atoms with Crippen LogP contribution in [0.3, 0.4) is 0 Å². The van der Waals surface area contributed by atoms with Gasteiger partial charge in [-0.2, -0.15) is 0 Å². The Morgan fingerprint density at radius 1 is 1.03 bits per heavy atom. The minimum atomic E-state index is 0.0722. The topological polar surface area (TPSA) is 67.9 Å². The van der Waals surface area contributed by atoms with E-state index in [9.17, 15) is 4.79 Å². The first-order valence-electron chi connectivity index (χ1n) is 9.65. The number of fused-ring (bicyclic) bond motifs is 3. The number of hydrogen-bond acceptors (Lipinski definition) is 5. The Labute approximate surface area is 178 Å². The van der Waals surface area contributed by atoms with Crippen molar-refractivity contribution < 1.29 is 9.53 Å². The number of benzene rings is 3. The Balaban J connectivity index is 1.28. The lowest BCUT2D eigenvalue weighted by molar-refractivity contribution is 0.102. The van der Waals surface area contributed by atoms with Crippen LogP contribution in [0.25, 0.3) is 22.5 Å². The van der Waals surface area contributed by atoms with Gasteiger partial charge in [-0.1, -0.05) is 48.2 Å². The lowest BCUT2D eigenvalue weighted by atomic mass is 10.0. The van der Waals surface area contributed by atoms with Gasteiger partial charge in [0.25, 0.3) is 0 Å². The molecule has 0 saturated heterocycles. The van der Waals surface area contributed by atoms with Gasteiger partial charge in [0.2, 0.25) is 5.16 Å². The van der Waals surface area contributed by atoms with E-state index in [2.05, 4.69) is 39.4 Å². The molecule has 0 amide bonds. The molecule has 0 unspecified atom stereocenters. The van der Waals surface area contributed by atoms with Crippen LogP contribution in [-0.2, 0) is 6.42 Å². The molecular formula is C24H19N3O2S. The number of aromatic amines is 1. The Hall–Kier alpha value is -3.38. The molecule has 1 aliphatic carbocycles. The van der Waals surface area contributed by atoms with Gasteiger partial charge in [-0.25, -0.2) is 4.98 Å². The number of aromatic nitrogens is 3. The van der Waals surface area contributed by atoms with E-state index in [1.165, 1.54) is 34.0 Å². The number of thioether (sulfide) groups is 1. The van der Waals surface area contributed by atoms with Crippen molar-refractivity contribution in [3.8, 4) is 28.3 Å². The van der Waals surface area contributed by atoms with Crippen LogP contribution < -0.4 is 4.74 Å². The third kappa shape index (κ3) is 3.50. The number of hydrogen-bond donors (Lipinski definition) is 1.